The summed E-state index contributed by atoms with van der Waals surface area (Å²) >= 11 is 0. The van der Waals surface area contributed by atoms with E-state index in [1.165, 1.54) is 5.56 Å². The minimum atomic E-state index is 0.887. The molecular weight excluding hydrogens is 182 g/mol. The molecule has 1 aromatic carbocycles. The first kappa shape index (κ1) is 9.66. The fourth-order valence-corrected chi connectivity index (χ4v) is 1.47. The van der Waals surface area contributed by atoms with Crippen LogP contribution < -0.4 is 0 Å². The predicted molar refractivity (Wildman–Crippen MR) is 63.6 cm³/mol. The maximum atomic E-state index is 4.37. The number of nitrogens with zero attached hydrogens (tertiary/aromatic N) is 1. The third kappa shape index (κ3) is 2.53. The molecule has 0 saturated carbocycles. The second-order valence-electron chi connectivity index (χ2n) is 3.45. The van der Waals surface area contributed by atoms with E-state index in [1.54, 1.807) is 6.08 Å². The van der Waals surface area contributed by atoms with Gasteiger partial charge in [-0.1, -0.05) is 49.1 Å². The third-order valence-corrected chi connectivity index (χ3v) is 2.31. The highest BCUT2D eigenvalue weighted by Gasteiger charge is 1.96. The van der Waals surface area contributed by atoms with Crippen molar-refractivity contribution < 1.29 is 0 Å². The molecule has 2 rings (SSSR count). The number of pyridine rings is 1. The Labute approximate surface area is 90.1 Å². The molecule has 1 heteroatoms. The molecule has 0 unspecified atom stereocenters. The highest BCUT2D eigenvalue weighted by molar-refractivity contribution is 5.45. The van der Waals surface area contributed by atoms with E-state index in [-0.39, 0.29) is 0 Å². The fraction of sp³-hybridized carbons (Fsp3) is 0.0714. The molecule has 0 amide bonds. The molecule has 0 fully saturated rings. The summed E-state index contributed by atoms with van der Waals surface area (Å²) in [6, 6.07) is 14.4. The standard InChI is InChI=1S/C14H13N/c1-2-12-8-9-14(15-11-12)10-13-6-4-3-5-7-13/h2-9,11H,1,10H2. The van der Waals surface area contributed by atoms with Gasteiger partial charge in [-0.2, -0.15) is 0 Å². The molecule has 0 spiro atoms. The topological polar surface area (TPSA) is 12.9 Å². The Bertz CT molecular complexity index is 429. The lowest BCUT2D eigenvalue weighted by molar-refractivity contribution is 1.07. The van der Waals surface area contributed by atoms with Crippen LogP contribution in [0.15, 0.2) is 55.2 Å². The lowest BCUT2D eigenvalue weighted by atomic mass is 10.1. The Hall–Kier alpha value is -1.89. The Morgan fingerprint density at radius 1 is 1.07 bits per heavy atom. The normalized spacial score (nSPS) is 9.87. The maximum absolute atomic E-state index is 4.37. The highest BCUT2D eigenvalue weighted by atomic mass is 14.7. The van der Waals surface area contributed by atoms with Crippen LogP contribution in [0.5, 0.6) is 0 Å². The average Bonchev–Trinajstić information content (AvgIpc) is 2.31. The number of hydrogen-bond donors (Lipinski definition) is 0. The van der Waals surface area contributed by atoms with Gasteiger partial charge in [-0.25, -0.2) is 0 Å². The van der Waals surface area contributed by atoms with Gasteiger partial charge in [0, 0.05) is 18.3 Å². The third-order valence-electron chi connectivity index (χ3n) is 2.31. The Morgan fingerprint density at radius 3 is 2.47 bits per heavy atom. The van der Waals surface area contributed by atoms with Gasteiger partial charge in [0.15, 0.2) is 0 Å². The van der Waals surface area contributed by atoms with Crippen LogP contribution >= 0.6 is 0 Å². The first-order chi connectivity index (χ1) is 7.38. The molecule has 1 aromatic heterocycles. The van der Waals surface area contributed by atoms with Crippen molar-refractivity contribution in [2.75, 3.05) is 0 Å². The predicted octanol–water partition coefficient (Wildman–Crippen LogP) is 3.32. The van der Waals surface area contributed by atoms with Crippen molar-refractivity contribution in [3.05, 3.63) is 72.1 Å². The van der Waals surface area contributed by atoms with Crippen molar-refractivity contribution in [2.24, 2.45) is 0 Å². The molecule has 15 heavy (non-hydrogen) atoms. The van der Waals surface area contributed by atoms with E-state index in [4.69, 9.17) is 0 Å². The maximum Gasteiger partial charge on any atom is 0.0447 e. The van der Waals surface area contributed by atoms with Crippen LogP contribution in [-0.4, -0.2) is 4.98 Å². The molecule has 0 saturated heterocycles. The number of benzene rings is 1. The van der Waals surface area contributed by atoms with Gasteiger partial charge in [0.25, 0.3) is 0 Å². The van der Waals surface area contributed by atoms with Crippen LogP contribution in [0, 0.1) is 0 Å². The average molecular weight is 195 g/mol. The quantitative estimate of drug-likeness (QED) is 0.732. The van der Waals surface area contributed by atoms with E-state index in [1.807, 2.05) is 36.5 Å². The minimum Gasteiger partial charge on any atom is -0.260 e. The first-order valence-corrected chi connectivity index (χ1v) is 5.00. The zero-order valence-corrected chi connectivity index (χ0v) is 8.56. The summed E-state index contributed by atoms with van der Waals surface area (Å²) in [7, 11) is 0. The van der Waals surface area contributed by atoms with E-state index in [2.05, 4.69) is 23.7 Å². The summed E-state index contributed by atoms with van der Waals surface area (Å²) in [5, 5.41) is 0. The number of rotatable bonds is 3. The molecule has 74 valence electrons. The van der Waals surface area contributed by atoms with Crippen molar-refractivity contribution in [3.8, 4) is 0 Å². The van der Waals surface area contributed by atoms with Gasteiger partial charge in [-0.3, -0.25) is 4.98 Å². The van der Waals surface area contributed by atoms with Gasteiger partial charge < -0.3 is 0 Å². The summed E-state index contributed by atoms with van der Waals surface area (Å²) in [4.78, 5) is 4.37. The lowest BCUT2D eigenvalue weighted by Gasteiger charge is -2.01. The van der Waals surface area contributed by atoms with Gasteiger partial charge in [-0.05, 0) is 17.2 Å². The van der Waals surface area contributed by atoms with Crippen molar-refractivity contribution in [1.82, 2.24) is 4.98 Å². The summed E-state index contributed by atoms with van der Waals surface area (Å²) in [5.74, 6) is 0. The largest absolute Gasteiger partial charge is 0.260 e. The number of hydrogen-bond acceptors (Lipinski definition) is 1. The molecule has 0 radical (unpaired) electrons. The van der Waals surface area contributed by atoms with E-state index in [0.717, 1.165) is 17.7 Å². The van der Waals surface area contributed by atoms with Crippen LogP contribution in [0.1, 0.15) is 16.8 Å². The first-order valence-electron chi connectivity index (χ1n) is 5.00. The highest BCUT2D eigenvalue weighted by Crippen LogP contribution is 2.08. The van der Waals surface area contributed by atoms with Crippen molar-refractivity contribution in [1.29, 1.82) is 0 Å². The van der Waals surface area contributed by atoms with Crippen LogP contribution in [0.25, 0.3) is 6.08 Å². The van der Waals surface area contributed by atoms with E-state index in [9.17, 15) is 0 Å². The fourth-order valence-electron chi connectivity index (χ4n) is 1.47. The monoisotopic (exact) mass is 195 g/mol. The SMILES string of the molecule is C=Cc1ccc(Cc2ccccc2)nc1. The molecule has 0 bridgehead atoms. The van der Waals surface area contributed by atoms with Crippen LogP contribution in [0.2, 0.25) is 0 Å². The van der Waals surface area contributed by atoms with Crippen molar-refractivity contribution >= 4 is 6.08 Å². The van der Waals surface area contributed by atoms with Crippen molar-refractivity contribution in [3.63, 3.8) is 0 Å². The second-order valence-corrected chi connectivity index (χ2v) is 3.45. The summed E-state index contributed by atoms with van der Waals surface area (Å²) in [6.45, 7) is 3.70. The summed E-state index contributed by atoms with van der Waals surface area (Å²) in [6.07, 6.45) is 4.54. The van der Waals surface area contributed by atoms with Crippen LogP contribution in [0.4, 0.5) is 0 Å². The van der Waals surface area contributed by atoms with E-state index in [0.29, 0.717) is 0 Å². The molecule has 2 aromatic rings. The smallest absolute Gasteiger partial charge is 0.0447 e. The van der Waals surface area contributed by atoms with Gasteiger partial charge in [0.05, 0.1) is 0 Å². The minimum absolute atomic E-state index is 0.887. The van der Waals surface area contributed by atoms with Crippen LogP contribution in [0.3, 0.4) is 0 Å². The molecule has 0 atom stereocenters. The lowest BCUT2D eigenvalue weighted by Crippen LogP contribution is -1.91. The molecule has 0 aliphatic heterocycles. The second kappa shape index (κ2) is 4.56. The van der Waals surface area contributed by atoms with Crippen molar-refractivity contribution in [2.45, 2.75) is 6.42 Å². The molecular formula is C14H13N. The molecule has 0 aliphatic rings. The molecule has 1 nitrogen and oxygen atoms in total. The molecule has 0 aliphatic carbocycles. The zero-order chi connectivity index (χ0) is 10.5. The van der Waals surface area contributed by atoms with Crippen LogP contribution in [-0.2, 0) is 6.42 Å². The zero-order valence-electron chi connectivity index (χ0n) is 8.56. The van der Waals surface area contributed by atoms with E-state index >= 15 is 0 Å². The number of aromatic nitrogens is 1. The Morgan fingerprint density at radius 2 is 1.87 bits per heavy atom. The van der Waals surface area contributed by atoms with Gasteiger partial charge in [0.1, 0.15) is 0 Å². The van der Waals surface area contributed by atoms with Gasteiger partial charge in [-0.15, -0.1) is 0 Å². The summed E-state index contributed by atoms with van der Waals surface area (Å²) in [5.41, 5.74) is 3.44. The Kier molecular flexibility index (Phi) is 2.93. The van der Waals surface area contributed by atoms with Gasteiger partial charge in [0.2, 0.25) is 0 Å². The Balaban J connectivity index is 2.15. The molecule has 1 heterocycles. The molecule has 0 N–H and O–H groups in total. The van der Waals surface area contributed by atoms with Gasteiger partial charge >= 0.3 is 0 Å². The summed E-state index contributed by atoms with van der Waals surface area (Å²) < 4.78 is 0. The van der Waals surface area contributed by atoms with E-state index < -0.39 is 0 Å².